The lowest BCUT2D eigenvalue weighted by Crippen LogP contribution is -2.27. The Morgan fingerprint density at radius 3 is 1.39 bits per heavy atom. The second kappa shape index (κ2) is 15.7. The number of ketones is 1. The molecule has 3 aliphatic rings. The number of nitrogens with zero attached hydrogens (tertiary/aromatic N) is 2. The third-order valence-corrected chi connectivity index (χ3v) is 13.5. The normalized spacial score (nSPS) is 20.8. The van der Waals surface area contributed by atoms with Crippen LogP contribution in [0, 0.1) is 0 Å². The molecule has 0 amide bonds. The van der Waals surface area contributed by atoms with Crippen LogP contribution >= 0.6 is 0 Å². The summed E-state index contributed by atoms with van der Waals surface area (Å²) >= 11 is 0. The molecule has 4 aromatic rings. The zero-order valence-electron chi connectivity index (χ0n) is 33.1. The standard InChI is InChI=1S/C46H52N2O7S2/c1-45(2)40(47(28-9-11-30-56(50,51)52)38-24-20-32-14-5-7-18-36(32)42(38)45)26-22-34-16-13-17-35(44(34)49)23-27-41-46(3,4)43-37-19-8-6-15-33(37)21-25-39(43)48(41)29-10-12-31-57(53,54)55/h5-8,14-15,18-27H,9-13,16-17,28-31H2,1-4H3,(H,50,51,52)(H,53,54,55)/p-2/b34-22+,35-23+,40-26+,41-27+. The fourth-order valence-corrected chi connectivity index (χ4v) is 10.3. The lowest BCUT2D eigenvalue weighted by atomic mass is 9.80. The number of anilines is 2. The van der Waals surface area contributed by atoms with Crippen LogP contribution in [0.5, 0.6) is 0 Å². The maximum atomic E-state index is 14.2. The number of carbonyl (C=O) groups is 1. The van der Waals surface area contributed by atoms with Crippen molar-refractivity contribution < 1.29 is 30.7 Å². The average molecular weight is 807 g/mol. The number of hydrogen-bond acceptors (Lipinski definition) is 9. The number of benzene rings is 4. The molecule has 0 atom stereocenters. The van der Waals surface area contributed by atoms with Crippen molar-refractivity contribution in [3.63, 3.8) is 0 Å². The van der Waals surface area contributed by atoms with Crippen molar-refractivity contribution in [3.8, 4) is 0 Å². The van der Waals surface area contributed by atoms with Gasteiger partial charge in [0.1, 0.15) is 0 Å². The average Bonchev–Trinajstić information content (AvgIpc) is 3.51. The number of carbonyl (C=O) groups excluding carboxylic acids is 1. The van der Waals surface area contributed by atoms with Crippen molar-refractivity contribution in [3.05, 3.63) is 131 Å². The summed E-state index contributed by atoms with van der Waals surface area (Å²) in [6.07, 6.45) is 11.7. The quantitative estimate of drug-likeness (QED) is 0.0781. The van der Waals surface area contributed by atoms with Crippen molar-refractivity contribution in [1.29, 1.82) is 0 Å². The Kier molecular flexibility index (Phi) is 11.2. The Balaban J connectivity index is 1.22. The molecule has 2 aliphatic heterocycles. The highest BCUT2D eigenvalue weighted by Gasteiger charge is 2.42. The minimum absolute atomic E-state index is 0.00638. The van der Waals surface area contributed by atoms with E-state index in [1.165, 1.54) is 11.1 Å². The van der Waals surface area contributed by atoms with Gasteiger partial charge in [-0.3, -0.25) is 4.79 Å². The summed E-state index contributed by atoms with van der Waals surface area (Å²) < 4.78 is 68.2. The van der Waals surface area contributed by atoms with E-state index >= 15 is 0 Å². The molecule has 300 valence electrons. The van der Waals surface area contributed by atoms with E-state index in [1.54, 1.807) is 0 Å². The topological polar surface area (TPSA) is 138 Å². The molecule has 0 bridgehead atoms. The highest BCUT2D eigenvalue weighted by atomic mass is 32.2. The van der Waals surface area contributed by atoms with Gasteiger partial charge in [0.2, 0.25) is 0 Å². The molecule has 4 aromatic carbocycles. The summed E-state index contributed by atoms with van der Waals surface area (Å²) in [6.45, 7) is 9.79. The highest BCUT2D eigenvalue weighted by Crippen LogP contribution is 2.52. The number of allylic oxidation sites excluding steroid dienone is 8. The molecule has 7 rings (SSSR count). The van der Waals surface area contributed by atoms with Crippen LogP contribution in [0.4, 0.5) is 11.4 Å². The van der Waals surface area contributed by atoms with E-state index in [2.05, 4.69) is 98.2 Å². The van der Waals surface area contributed by atoms with Gasteiger partial charge in [-0.25, -0.2) is 16.8 Å². The molecule has 1 fully saturated rings. The van der Waals surface area contributed by atoms with Crippen molar-refractivity contribution in [2.45, 2.75) is 83.5 Å². The first kappa shape index (κ1) is 40.6. The summed E-state index contributed by atoms with van der Waals surface area (Å²) in [4.78, 5) is 18.7. The first-order valence-corrected chi connectivity index (χ1v) is 23.0. The van der Waals surface area contributed by atoms with Crippen molar-refractivity contribution in [2.24, 2.45) is 0 Å². The second-order valence-corrected chi connectivity index (χ2v) is 19.6. The van der Waals surface area contributed by atoms with Crippen molar-refractivity contribution in [2.75, 3.05) is 34.4 Å². The van der Waals surface area contributed by atoms with Gasteiger partial charge in [0.05, 0.1) is 20.2 Å². The fourth-order valence-electron chi connectivity index (χ4n) is 9.23. The molecule has 0 radical (unpaired) electrons. The molecule has 9 nitrogen and oxygen atoms in total. The molecule has 57 heavy (non-hydrogen) atoms. The molecule has 1 saturated carbocycles. The lowest BCUT2D eigenvalue weighted by molar-refractivity contribution is -0.113. The number of unbranched alkanes of at least 4 members (excludes halogenated alkanes) is 2. The van der Waals surface area contributed by atoms with Crippen LogP contribution in [0.3, 0.4) is 0 Å². The van der Waals surface area contributed by atoms with Crippen LogP contribution in [-0.4, -0.2) is 56.3 Å². The van der Waals surface area contributed by atoms with Crippen LogP contribution in [0.1, 0.15) is 83.8 Å². The summed E-state index contributed by atoms with van der Waals surface area (Å²) in [5.41, 5.74) is 7.06. The van der Waals surface area contributed by atoms with E-state index in [4.69, 9.17) is 0 Å². The van der Waals surface area contributed by atoms with Gasteiger partial charge in [0, 0.05) is 58.2 Å². The summed E-state index contributed by atoms with van der Waals surface area (Å²) in [6, 6.07) is 25.0. The predicted octanol–water partition coefficient (Wildman–Crippen LogP) is 8.91. The van der Waals surface area contributed by atoms with E-state index in [-0.39, 0.29) is 18.6 Å². The Labute approximate surface area is 337 Å². The number of hydrogen-bond donors (Lipinski definition) is 0. The first-order valence-electron chi connectivity index (χ1n) is 19.8. The molecule has 0 aromatic heterocycles. The zero-order valence-corrected chi connectivity index (χ0v) is 34.7. The van der Waals surface area contributed by atoms with Crippen molar-refractivity contribution in [1.82, 2.24) is 0 Å². The van der Waals surface area contributed by atoms with Crippen LogP contribution < -0.4 is 9.80 Å². The van der Waals surface area contributed by atoms with Gasteiger partial charge >= 0.3 is 0 Å². The second-order valence-electron chi connectivity index (χ2n) is 16.5. The van der Waals surface area contributed by atoms with E-state index in [9.17, 15) is 30.7 Å². The van der Waals surface area contributed by atoms with Crippen LogP contribution in [0.25, 0.3) is 21.5 Å². The third-order valence-electron chi connectivity index (χ3n) is 11.9. The van der Waals surface area contributed by atoms with Gasteiger partial charge < -0.3 is 18.9 Å². The first-order chi connectivity index (χ1) is 27.0. The molecule has 1 aliphatic carbocycles. The minimum atomic E-state index is -4.31. The molecule has 11 heteroatoms. The SMILES string of the molecule is CC1(C)/C(=C\C=C2/CCC/C(=C\C=C3\N(CCCCS(=O)(=O)[O-])c4ccc5ccccc5c4C3(C)C)C2=O)N(CCCCS(=O)(=O)[O-])c2ccc3ccccc3c21. The molecule has 2 heterocycles. The van der Waals surface area contributed by atoms with Crippen LogP contribution in [-0.2, 0) is 35.9 Å². The molecule has 0 spiro atoms. The fraction of sp³-hybridized carbons (Fsp3) is 0.370. The Hall–Kier alpha value is -4.55. The number of rotatable bonds is 12. The summed E-state index contributed by atoms with van der Waals surface area (Å²) in [5, 5.41) is 4.54. The molecule has 0 unspecified atom stereocenters. The monoisotopic (exact) mass is 806 g/mol. The smallest absolute Gasteiger partial charge is 0.184 e. The number of fused-ring (bicyclic) bond motifs is 6. The maximum Gasteiger partial charge on any atom is 0.184 e. The third kappa shape index (κ3) is 8.26. The summed E-state index contributed by atoms with van der Waals surface area (Å²) in [7, 11) is -8.61. The van der Waals surface area contributed by atoms with Crippen molar-refractivity contribution >= 4 is 58.9 Å². The van der Waals surface area contributed by atoms with E-state index < -0.39 is 42.6 Å². The summed E-state index contributed by atoms with van der Waals surface area (Å²) in [5.74, 6) is -0.797. The van der Waals surface area contributed by atoms with Gasteiger partial charge in [0.25, 0.3) is 0 Å². The van der Waals surface area contributed by atoms with E-state index in [0.717, 1.165) is 61.9 Å². The van der Waals surface area contributed by atoms with Gasteiger partial charge in [0.15, 0.2) is 5.78 Å². The molecular formula is C46H50N2O7S2-2. The maximum absolute atomic E-state index is 14.2. The van der Waals surface area contributed by atoms with Crippen LogP contribution in [0.2, 0.25) is 0 Å². The Morgan fingerprint density at radius 2 is 0.982 bits per heavy atom. The molecular weight excluding hydrogens is 757 g/mol. The van der Waals surface area contributed by atoms with Crippen LogP contribution in [0.15, 0.2) is 120 Å². The Morgan fingerprint density at radius 1 is 0.579 bits per heavy atom. The molecule has 0 saturated heterocycles. The largest absolute Gasteiger partial charge is 0.748 e. The lowest BCUT2D eigenvalue weighted by Gasteiger charge is -2.28. The predicted molar refractivity (Wildman–Crippen MR) is 227 cm³/mol. The Bertz CT molecular complexity index is 2420. The van der Waals surface area contributed by atoms with E-state index in [0.29, 0.717) is 38.8 Å². The zero-order chi connectivity index (χ0) is 40.8. The van der Waals surface area contributed by atoms with Gasteiger partial charge in [-0.15, -0.1) is 0 Å². The number of Topliss-reactive ketones (excluding diaryl/α,β-unsaturated/α-hetero) is 1. The molecule has 0 N–H and O–H groups in total. The highest BCUT2D eigenvalue weighted by molar-refractivity contribution is 7.85. The van der Waals surface area contributed by atoms with Gasteiger partial charge in [-0.2, -0.15) is 0 Å². The van der Waals surface area contributed by atoms with E-state index in [1.807, 2.05) is 36.4 Å². The van der Waals surface area contributed by atoms with Gasteiger partial charge in [-0.05, 0) is 113 Å². The minimum Gasteiger partial charge on any atom is -0.748 e. The van der Waals surface area contributed by atoms with Gasteiger partial charge in [-0.1, -0.05) is 101 Å².